The standard InChI is InChI=1S/C25H29N3O6S2/c1-16-6-8-20(12-18(16)3)28-36(32,33)21-10-11-24(19(4)13-21)34-15-25(29)27-23-14-22(9-7-17(23)2)35(30,31)26-5/h6-14,26,28H,15H2,1-5H3,(H,27,29). The smallest absolute Gasteiger partial charge is 0.262 e. The molecule has 192 valence electrons. The molecule has 0 heterocycles. The molecule has 9 nitrogen and oxygen atoms in total. The first-order valence-corrected chi connectivity index (χ1v) is 14.0. The maximum absolute atomic E-state index is 12.8. The van der Waals surface area contributed by atoms with Crippen molar-refractivity contribution in [3.63, 3.8) is 0 Å². The van der Waals surface area contributed by atoms with E-state index >= 15 is 0 Å². The minimum absolute atomic E-state index is 0.0221. The molecule has 0 atom stereocenters. The van der Waals surface area contributed by atoms with E-state index in [2.05, 4.69) is 14.8 Å². The molecule has 0 aliphatic carbocycles. The number of sulfonamides is 2. The fourth-order valence-electron chi connectivity index (χ4n) is 3.32. The van der Waals surface area contributed by atoms with Crippen molar-refractivity contribution in [1.29, 1.82) is 0 Å². The zero-order chi connectivity index (χ0) is 26.7. The van der Waals surface area contributed by atoms with Crippen LogP contribution in [-0.2, 0) is 24.8 Å². The van der Waals surface area contributed by atoms with Crippen LogP contribution in [0.4, 0.5) is 11.4 Å². The number of hydrogen-bond acceptors (Lipinski definition) is 6. The highest BCUT2D eigenvalue weighted by Crippen LogP contribution is 2.25. The van der Waals surface area contributed by atoms with Crippen molar-refractivity contribution >= 4 is 37.3 Å². The first-order valence-electron chi connectivity index (χ1n) is 11.0. The van der Waals surface area contributed by atoms with E-state index in [0.29, 0.717) is 28.3 Å². The second kappa shape index (κ2) is 10.7. The number of anilines is 2. The molecule has 0 aromatic heterocycles. The number of amides is 1. The van der Waals surface area contributed by atoms with Crippen molar-refractivity contribution in [2.75, 3.05) is 23.7 Å². The Balaban J connectivity index is 1.68. The molecule has 3 aromatic rings. The number of carbonyl (C=O) groups is 1. The van der Waals surface area contributed by atoms with Gasteiger partial charge in [0.15, 0.2) is 6.61 Å². The summed E-state index contributed by atoms with van der Waals surface area (Å²) in [6.07, 6.45) is 0. The quantitative estimate of drug-likeness (QED) is 0.386. The van der Waals surface area contributed by atoms with Crippen LogP contribution in [0.15, 0.2) is 64.4 Å². The molecule has 0 unspecified atom stereocenters. The van der Waals surface area contributed by atoms with Crippen LogP contribution < -0.4 is 19.5 Å². The number of benzene rings is 3. The van der Waals surface area contributed by atoms with Gasteiger partial charge in [0, 0.05) is 11.4 Å². The lowest BCUT2D eigenvalue weighted by atomic mass is 10.1. The van der Waals surface area contributed by atoms with E-state index < -0.39 is 26.0 Å². The molecule has 0 spiro atoms. The van der Waals surface area contributed by atoms with E-state index in [-0.39, 0.29) is 16.4 Å². The summed E-state index contributed by atoms with van der Waals surface area (Å²) in [5.41, 5.74) is 4.05. The highest BCUT2D eigenvalue weighted by Gasteiger charge is 2.17. The van der Waals surface area contributed by atoms with E-state index in [1.54, 1.807) is 32.0 Å². The van der Waals surface area contributed by atoms with Gasteiger partial charge in [-0.1, -0.05) is 12.1 Å². The highest BCUT2D eigenvalue weighted by atomic mass is 32.2. The summed E-state index contributed by atoms with van der Waals surface area (Å²) in [6, 6.07) is 14.1. The molecule has 3 aromatic carbocycles. The Morgan fingerprint density at radius 3 is 2.03 bits per heavy atom. The maximum atomic E-state index is 12.8. The summed E-state index contributed by atoms with van der Waals surface area (Å²) in [5.74, 6) is -0.150. The summed E-state index contributed by atoms with van der Waals surface area (Å²) < 4.78 is 60.1. The van der Waals surface area contributed by atoms with Crippen LogP contribution in [0.3, 0.4) is 0 Å². The Labute approximate surface area is 212 Å². The van der Waals surface area contributed by atoms with Crippen LogP contribution >= 0.6 is 0 Å². The molecule has 3 N–H and O–H groups in total. The van der Waals surface area contributed by atoms with E-state index in [4.69, 9.17) is 4.74 Å². The summed E-state index contributed by atoms with van der Waals surface area (Å²) in [5, 5.41) is 2.65. The largest absolute Gasteiger partial charge is 0.483 e. The Morgan fingerprint density at radius 1 is 0.750 bits per heavy atom. The third kappa shape index (κ3) is 6.42. The van der Waals surface area contributed by atoms with Gasteiger partial charge in [0.2, 0.25) is 10.0 Å². The molecule has 0 radical (unpaired) electrons. The number of rotatable bonds is 9. The predicted molar refractivity (Wildman–Crippen MR) is 139 cm³/mol. The first kappa shape index (κ1) is 27.2. The van der Waals surface area contributed by atoms with Gasteiger partial charge < -0.3 is 10.1 Å². The van der Waals surface area contributed by atoms with Gasteiger partial charge >= 0.3 is 0 Å². The molecule has 3 rings (SSSR count). The molecule has 0 fully saturated rings. The van der Waals surface area contributed by atoms with Crippen LogP contribution in [0.5, 0.6) is 5.75 Å². The predicted octanol–water partition coefficient (Wildman–Crippen LogP) is 3.65. The normalized spacial score (nSPS) is 11.7. The second-order valence-electron chi connectivity index (χ2n) is 8.35. The highest BCUT2D eigenvalue weighted by molar-refractivity contribution is 7.92. The Morgan fingerprint density at radius 2 is 1.39 bits per heavy atom. The van der Waals surface area contributed by atoms with E-state index in [1.165, 1.54) is 37.4 Å². The average Bonchev–Trinajstić information content (AvgIpc) is 2.81. The Bertz CT molecular complexity index is 1520. The molecule has 0 aliphatic heterocycles. The van der Waals surface area contributed by atoms with Crippen molar-refractivity contribution in [1.82, 2.24) is 4.72 Å². The Kier molecular flexibility index (Phi) is 8.07. The minimum atomic E-state index is -3.82. The van der Waals surface area contributed by atoms with Gasteiger partial charge in [-0.15, -0.1) is 0 Å². The molecule has 0 aliphatic rings. The molecular weight excluding hydrogens is 502 g/mol. The van der Waals surface area contributed by atoms with Gasteiger partial charge in [-0.25, -0.2) is 21.6 Å². The lowest BCUT2D eigenvalue weighted by Gasteiger charge is -2.14. The van der Waals surface area contributed by atoms with Gasteiger partial charge in [0.05, 0.1) is 9.79 Å². The number of carbonyl (C=O) groups excluding carboxylic acids is 1. The average molecular weight is 532 g/mol. The van der Waals surface area contributed by atoms with Crippen molar-refractivity contribution in [3.8, 4) is 5.75 Å². The molecule has 0 bridgehead atoms. The van der Waals surface area contributed by atoms with Crippen LogP contribution in [0, 0.1) is 27.7 Å². The van der Waals surface area contributed by atoms with Gasteiger partial charge in [-0.2, -0.15) is 0 Å². The third-order valence-corrected chi connectivity index (χ3v) is 8.43. The lowest BCUT2D eigenvalue weighted by Crippen LogP contribution is -2.22. The molecule has 0 saturated heterocycles. The van der Waals surface area contributed by atoms with Crippen molar-refractivity contribution < 1.29 is 26.4 Å². The van der Waals surface area contributed by atoms with E-state index in [9.17, 15) is 21.6 Å². The zero-order valence-electron chi connectivity index (χ0n) is 20.7. The van der Waals surface area contributed by atoms with Gasteiger partial charge in [0.1, 0.15) is 5.75 Å². The topological polar surface area (TPSA) is 131 Å². The minimum Gasteiger partial charge on any atom is -0.483 e. The number of hydrogen-bond donors (Lipinski definition) is 3. The van der Waals surface area contributed by atoms with Crippen LogP contribution in [0.25, 0.3) is 0 Å². The zero-order valence-corrected chi connectivity index (χ0v) is 22.3. The molecule has 0 saturated carbocycles. The maximum Gasteiger partial charge on any atom is 0.262 e. The number of nitrogens with one attached hydrogen (secondary N) is 3. The van der Waals surface area contributed by atoms with E-state index in [1.807, 2.05) is 19.9 Å². The van der Waals surface area contributed by atoms with Crippen LogP contribution in [0.1, 0.15) is 22.3 Å². The fourth-order valence-corrected chi connectivity index (χ4v) is 5.21. The number of ether oxygens (including phenoxy) is 1. The molecule has 36 heavy (non-hydrogen) atoms. The van der Waals surface area contributed by atoms with Crippen LogP contribution in [0.2, 0.25) is 0 Å². The monoisotopic (exact) mass is 531 g/mol. The summed E-state index contributed by atoms with van der Waals surface area (Å²) >= 11 is 0. The fraction of sp³-hybridized carbons (Fsp3) is 0.240. The molecular formula is C25H29N3O6S2. The summed E-state index contributed by atoms with van der Waals surface area (Å²) in [6.45, 7) is 6.92. The third-order valence-electron chi connectivity index (χ3n) is 5.64. The Hall–Kier alpha value is -3.41. The van der Waals surface area contributed by atoms with Crippen molar-refractivity contribution in [2.24, 2.45) is 0 Å². The summed E-state index contributed by atoms with van der Waals surface area (Å²) in [4.78, 5) is 12.5. The summed E-state index contributed by atoms with van der Waals surface area (Å²) in [7, 11) is -6.17. The van der Waals surface area contributed by atoms with E-state index in [0.717, 1.165) is 11.1 Å². The first-order chi connectivity index (χ1) is 16.8. The second-order valence-corrected chi connectivity index (χ2v) is 11.9. The molecule has 1 amide bonds. The molecule has 11 heteroatoms. The SMILES string of the molecule is CNS(=O)(=O)c1ccc(C)c(NC(=O)COc2ccc(S(=O)(=O)Nc3ccc(C)c(C)c3)cc2C)c1. The van der Waals surface area contributed by atoms with Crippen LogP contribution in [-0.4, -0.2) is 36.4 Å². The van der Waals surface area contributed by atoms with Crippen molar-refractivity contribution in [2.45, 2.75) is 37.5 Å². The van der Waals surface area contributed by atoms with Gasteiger partial charge in [-0.05, 0) is 99.5 Å². The van der Waals surface area contributed by atoms with Crippen molar-refractivity contribution in [3.05, 3.63) is 76.9 Å². The van der Waals surface area contributed by atoms with Gasteiger partial charge in [0.25, 0.3) is 15.9 Å². The number of aryl methyl sites for hydroxylation is 4. The van der Waals surface area contributed by atoms with Gasteiger partial charge in [-0.3, -0.25) is 9.52 Å². The lowest BCUT2D eigenvalue weighted by molar-refractivity contribution is -0.118.